The number of hydrogen-bond donors (Lipinski definition) is 1. The Kier molecular flexibility index (Phi) is 4.84. The van der Waals surface area contributed by atoms with Crippen molar-refractivity contribution in [3.8, 4) is 6.07 Å². The van der Waals surface area contributed by atoms with Crippen LogP contribution in [0.5, 0.6) is 0 Å². The molecule has 0 aliphatic rings. The minimum Gasteiger partial charge on any atom is -0.315 e. The molecule has 0 saturated heterocycles. The van der Waals surface area contributed by atoms with Crippen LogP contribution in [-0.2, 0) is 0 Å². The van der Waals surface area contributed by atoms with Gasteiger partial charge in [0.05, 0.1) is 6.07 Å². The number of hydrogen-bond acceptors (Lipinski definition) is 3. The van der Waals surface area contributed by atoms with E-state index in [1.54, 1.807) is 0 Å². The van der Waals surface area contributed by atoms with E-state index in [9.17, 15) is 0 Å². The lowest BCUT2D eigenvalue weighted by Crippen LogP contribution is -2.35. The standard InChI is InChI=1S/C8H17N3/c1-7(2)5-11(3)6-8(10)4-9/h7-8H,5-6,10H2,1-3H3. The van der Waals surface area contributed by atoms with E-state index in [1.165, 1.54) is 0 Å². The van der Waals surface area contributed by atoms with Gasteiger partial charge in [-0.25, -0.2) is 0 Å². The minimum atomic E-state index is -0.348. The third-order valence-electron chi connectivity index (χ3n) is 1.35. The Hall–Kier alpha value is -0.590. The lowest BCUT2D eigenvalue weighted by molar-refractivity contribution is 0.291. The average Bonchev–Trinajstić information content (AvgIpc) is 1.85. The summed E-state index contributed by atoms with van der Waals surface area (Å²) in [6, 6.07) is 1.66. The second kappa shape index (κ2) is 5.11. The zero-order valence-electron chi connectivity index (χ0n) is 7.54. The highest BCUT2D eigenvalue weighted by Crippen LogP contribution is 1.95. The van der Waals surface area contributed by atoms with Gasteiger partial charge in [-0.3, -0.25) is 0 Å². The normalized spacial score (nSPS) is 13.5. The predicted octanol–water partition coefficient (Wildman–Crippen LogP) is 0.425. The molecule has 0 aromatic carbocycles. The first kappa shape index (κ1) is 10.4. The summed E-state index contributed by atoms with van der Waals surface area (Å²) in [5.41, 5.74) is 5.45. The Bertz CT molecular complexity index is 137. The number of rotatable bonds is 4. The van der Waals surface area contributed by atoms with E-state index in [1.807, 2.05) is 13.1 Å². The van der Waals surface area contributed by atoms with Crippen LogP contribution in [-0.4, -0.2) is 31.1 Å². The summed E-state index contributed by atoms with van der Waals surface area (Å²) in [6.45, 7) is 5.95. The second-order valence-corrected chi connectivity index (χ2v) is 3.35. The molecule has 0 amide bonds. The van der Waals surface area contributed by atoms with Gasteiger partial charge >= 0.3 is 0 Å². The Morgan fingerprint density at radius 2 is 2.00 bits per heavy atom. The predicted molar refractivity (Wildman–Crippen MR) is 45.9 cm³/mol. The molecule has 0 aromatic heterocycles. The van der Waals surface area contributed by atoms with E-state index in [2.05, 4.69) is 18.7 Å². The molecule has 1 unspecified atom stereocenters. The summed E-state index contributed by atoms with van der Waals surface area (Å²) >= 11 is 0. The maximum absolute atomic E-state index is 8.42. The van der Waals surface area contributed by atoms with E-state index in [0.29, 0.717) is 12.5 Å². The molecule has 0 fully saturated rings. The van der Waals surface area contributed by atoms with E-state index < -0.39 is 0 Å². The summed E-state index contributed by atoms with van der Waals surface area (Å²) in [5, 5.41) is 8.42. The molecule has 3 heteroatoms. The fraction of sp³-hybridized carbons (Fsp3) is 0.875. The van der Waals surface area contributed by atoms with Gasteiger partial charge in [-0.1, -0.05) is 13.8 Å². The highest BCUT2D eigenvalue weighted by atomic mass is 15.1. The van der Waals surface area contributed by atoms with Crippen LogP contribution in [0.4, 0.5) is 0 Å². The van der Waals surface area contributed by atoms with Crippen molar-refractivity contribution in [2.75, 3.05) is 20.1 Å². The van der Waals surface area contributed by atoms with Gasteiger partial charge in [-0.2, -0.15) is 5.26 Å². The smallest absolute Gasteiger partial charge is 0.106 e. The molecule has 0 spiro atoms. The monoisotopic (exact) mass is 155 g/mol. The van der Waals surface area contributed by atoms with Gasteiger partial charge in [-0.15, -0.1) is 0 Å². The average molecular weight is 155 g/mol. The molecule has 64 valence electrons. The van der Waals surface area contributed by atoms with Crippen molar-refractivity contribution in [2.24, 2.45) is 11.7 Å². The summed E-state index contributed by atoms with van der Waals surface area (Å²) < 4.78 is 0. The molecule has 0 heterocycles. The van der Waals surface area contributed by atoms with Crippen LogP contribution in [0, 0.1) is 17.2 Å². The Morgan fingerprint density at radius 1 is 1.45 bits per heavy atom. The third-order valence-corrected chi connectivity index (χ3v) is 1.35. The van der Waals surface area contributed by atoms with Crippen LogP contribution in [0.1, 0.15) is 13.8 Å². The topological polar surface area (TPSA) is 53.0 Å². The highest BCUT2D eigenvalue weighted by molar-refractivity contribution is 4.88. The van der Waals surface area contributed by atoms with Crippen molar-refractivity contribution < 1.29 is 0 Å². The quantitative estimate of drug-likeness (QED) is 0.640. The van der Waals surface area contributed by atoms with Crippen molar-refractivity contribution in [2.45, 2.75) is 19.9 Å². The van der Waals surface area contributed by atoms with Gasteiger partial charge in [0.2, 0.25) is 0 Å². The maximum Gasteiger partial charge on any atom is 0.106 e. The molecule has 0 aliphatic carbocycles. The van der Waals surface area contributed by atoms with E-state index >= 15 is 0 Å². The van der Waals surface area contributed by atoms with E-state index in [0.717, 1.165) is 6.54 Å². The summed E-state index contributed by atoms with van der Waals surface area (Å²) in [7, 11) is 1.98. The molecule has 2 N–H and O–H groups in total. The van der Waals surface area contributed by atoms with Crippen molar-refractivity contribution in [1.82, 2.24) is 4.90 Å². The summed E-state index contributed by atoms with van der Waals surface area (Å²) in [6.07, 6.45) is 0. The molecule has 0 saturated carbocycles. The molecule has 11 heavy (non-hydrogen) atoms. The fourth-order valence-electron chi connectivity index (χ4n) is 1.07. The van der Waals surface area contributed by atoms with Gasteiger partial charge in [0.1, 0.15) is 6.04 Å². The van der Waals surface area contributed by atoms with Gasteiger partial charge in [0.25, 0.3) is 0 Å². The largest absolute Gasteiger partial charge is 0.315 e. The molecule has 0 radical (unpaired) electrons. The fourth-order valence-corrected chi connectivity index (χ4v) is 1.07. The number of nitrogens with two attached hydrogens (primary N) is 1. The molecular formula is C8H17N3. The minimum absolute atomic E-state index is 0.348. The van der Waals surface area contributed by atoms with Crippen LogP contribution in [0.25, 0.3) is 0 Å². The van der Waals surface area contributed by atoms with Gasteiger partial charge < -0.3 is 10.6 Å². The molecule has 1 atom stereocenters. The van der Waals surface area contributed by atoms with Crippen molar-refractivity contribution in [1.29, 1.82) is 5.26 Å². The lowest BCUT2D eigenvalue weighted by Gasteiger charge is -2.19. The zero-order chi connectivity index (χ0) is 8.85. The van der Waals surface area contributed by atoms with Crippen LogP contribution in [0.15, 0.2) is 0 Å². The summed E-state index contributed by atoms with van der Waals surface area (Å²) in [4.78, 5) is 2.08. The van der Waals surface area contributed by atoms with Gasteiger partial charge in [-0.05, 0) is 13.0 Å². The number of nitriles is 1. The van der Waals surface area contributed by atoms with Gasteiger partial charge in [0, 0.05) is 13.1 Å². The first-order valence-corrected chi connectivity index (χ1v) is 3.90. The Morgan fingerprint density at radius 3 is 2.36 bits per heavy atom. The first-order valence-electron chi connectivity index (χ1n) is 3.90. The number of nitrogens with zero attached hydrogens (tertiary/aromatic N) is 2. The van der Waals surface area contributed by atoms with E-state index in [4.69, 9.17) is 11.0 Å². The molecule has 0 aromatic rings. The highest BCUT2D eigenvalue weighted by Gasteiger charge is 2.05. The maximum atomic E-state index is 8.42. The first-order chi connectivity index (χ1) is 5.06. The van der Waals surface area contributed by atoms with Crippen molar-refractivity contribution in [3.63, 3.8) is 0 Å². The third kappa shape index (κ3) is 5.84. The van der Waals surface area contributed by atoms with Crippen LogP contribution in [0.2, 0.25) is 0 Å². The summed E-state index contributed by atoms with van der Waals surface area (Å²) in [5.74, 6) is 0.630. The molecule has 0 aliphatic heterocycles. The molecule has 0 rings (SSSR count). The lowest BCUT2D eigenvalue weighted by atomic mass is 10.2. The zero-order valence-corrected chi connectivity index (χ0v) is 7.54. The molecule has 3 nitrogen and oxygen atoms in total. The molecule has 0 bridgehead atoms. The van der Waals surface area contributed by atoms with Crippen LogP contribution >= 0.6 is 0 Å². The Balaban J connectivity index is 3.53. The van der Waals surface area contributed by atoms with E-state index in [-0.39, 0.29) is 6.04 Å². The second-order valence-electron chi connectivity index (χ2n) is 3.35. The Labute approximate surface area is 68.8 Å². The van der Waals surface area contributed by atoms with Crippen molar-refractivity contribution >= 4 is 0 Å². The number of likely N-dealkylation sites (N-methyl/N-ethyl adjacent to an activating group) is 1. The van der Waals surface area contributed by atoms with Crippen LogP contribution < -0.4 is 5.73 Å². The van der Waals surface area contributed by atoms with Crippen molar-refractivity contribution in [3.05, 3.63) is 0 Å². The van der Waals surface area contributed by atoms with Gasteiger partial charge in [0.15, 0.2) is 0 Å². The SMILES string of the molecule is CC(C)CN(C)CC(N)C#N. The van der Waals surface area contributed by atoms with Crippen LogP contribution in [0.3, 0.4) is 0 Å². The molecular weight excluding hydrogens is 138 g/mol.